The zero-order valence-corrected chi connectivity index (χ0v) is 20.4. The summed E-state index contributed by atoms with van der Waals surface area (Å²) in [5, 5.41) is 0.104. The number of nitrogens with zero attached hydrogens (tertiary/aromatic N) is 1. The molecule has 1 saturated heterocycles. The number of aryl methyl sites for hydroxylation is 2. The third-order valence-corrected chi connectivity index (χ3v) is 10.7. The number of carbonyl (C=O) groups excluding carboxylic acids is 1. The van der Waals surface area contributed by atoms with E-state index in [1.54, 1.807) is 12.0 Å². The van der Waals surface area contributed by atoms with Gasteiger partial charge < -0.3 is 9.16 Å². The summed E-state index contributed by atoms with van der Waals surface area (Å²) in [5.41, 5.74) is 4.53. The SMILES string of the molecule is C=C1C(=O)N(c2ccc(C)cc2OC)C1c1ccc(C)c(O[Si](C)(C)C(C)(C)C)c1. The number of benzene rings is 2. The molecule has 0 aromatic heterocycles. The summed E-state index contributed by atoms with van der Waals surface area (Å²) in [6, 6.07) is 11.9. The molecule has 0 radical (unpaired) electrons. The van der Waals surface area contributed by atoms with Crippen LogP contribution in [-0.4, -0.2) is 21.3 Å². The molecule has 1 aliphatic heterocycles. The molecule has 30 heavy (non-hydrogen) atoms. The number of amides is 1. The Morgan fingerprint density at radius 1 is 1.03 bits per heavy atom. The minimum absolute atomic E-state index is 0.0745. The average Bonchev–Trinajstić information content (AvgIpc) is 2.66. The van der Waals surface area contributed by atoms with Crippen LogP contribution >= 0.6 is 0 Å². The molecule has 5 heteroatoms. The standard InChI is InChI=1S/C25H33NO3Si/c1-16-10-13-20(22(14-16)28-7)26-23(18(3)24(26)27)19-12-11-17(2)21(15-19)29-30(8,9)25(4,5)6/h10-15,23H,3H2,1-2,4-9H3. The van der Waals surface area contributed by atoms with Crippen molar-refractivity contribution in [2.45, 2.75) is 58.8 Å². The maximum absolute atomic E-state index is 12.8. The van der Waals surface area contributed by atoms with Crippen LogP contribution in [0.1, 0.15) is 43.5 Å². The van der Waals surface area contributed by atoms with Crippen molar-refractivity contribution in [2.75, 3.05) is 12.0 Å². The fourth-order valence-electron chi connectivity index (χ4n) is 3.39. The molecular weight excluding hydrogens is 390 g/mol. The molecule has 0 bridgehead atoms. The fraction of sp³-hybridized carbons (Fsp3) is 0.400. The van der Waals surface area contributed by atoms with Gasteiger partial charge in [0.25, 0.3) is 5.91 Å². The molecule has 2 aromatic rings. The highest BCUT2D eigenvalue weighted by Gasteiger charge is 2.44. The summed E-state index contributed by atoms with van der Waals surface area (Å²) in [7, 11) is -0.354. The summed E-state index contributed by atoms with van der Waals surface area (Å²) in [4.78, 5) is 14.5. The van der Waals surface area contributed by atoms with E-state index in [2.05, 4.69) is 65.6 Å². The van der Waals surface area contributed by atoms with Gasteiger partial charge in [-0.25, -0.2) is 0 Å². The molecule has 3 rings (SSSR count). The van der Waals surface area contributed by atoms with Gasteiger partial charge in [0, 0.05) is 5.57 Å². The smallest absolute Gasteiger partial charge is 0.257 e. The Bertz CT molecular complexity index is 1000. The van der Waals surface area contributed by atoms with E-state index in [1.807, 2.05) is 25.1 Å². The van der Waals surface area contributed by atoms with Crippen molar-refractivity contribution in [2.24, 2.45) is 0 Å². The van der Waals surface area contributed by atoms with Crippen molar-refractivity contribution < 1.29 is 14.0 Å². The number of rotatable bonds is 5. The summed E-state index contributed by atoms with van der Waals surface area (Å²) in [6.45, 7) is 19.3. The minimum Gasteiger partial charge on any atom is -0.543 e. The van der Waals surface area contributed by atoms with Crippen LogP contribution < -0.4 is 14.1 Å². The van der Waals surface area contributed by atoms with Gasteiger partial charge in [0.2, 0.25) is 8.32 Å². The lowest BCUT2D eigenvalue weighted by atomic mass is 9.87. The lowest BCUT2D eigenvalue weighted by Crippen LogP contribution is -2.49. The monoisotopic (exact) mass is 423 g/mol. The van der Waals surface area contributed by atoms with Crippen molar-refractivity contribution >= 4 is 19.9 Å². The Kier molecular flexibility index (Phi) is 5.63. The van der Waals surface area contributed by atoms with E-state index in [0.29, 0.717) is 11.3 Å². The number of β-lactam (4-membered cyclic amide) rings is 1. The molecule has 1 unspecified atom stereocenters. The second-order valence-electron chi connectivity index (χ2n) is 9.67. The molecule has 0 N–H and O–H groups in total. The van der Waals surface area contributed by atoms with Crippen molar-refractivity contribution in [1.29, 1.82) is 0 Å². The van der Waals surface area contributed by atoms with Crippen LogP contribution in [0, 0.1) is 13.8 Å². The molecular formula is C25H33NO3Si. The van der Waals surface area contributed by atoms with E-state index < -0.39 is 8.32 Å². The highest BCUT2D eigenvalue weighted by Crippen LogP contribution is 2.47. The van der Waals surface area contributed by atoms with Gasteiger partial charge in [-0.3, -0.25) is 9.69 Å². The van der Waals surface area contributed by atoms with E-state index in [1.165, 1.54) is 0 Å². The average molecular weight is 424 g/mol. The Morgan fingerprint density at radius 3 is 2.30 bits per heavy atom. The van der Waals surface area contributed by atoms with E-state index >= 15 is 0 Å². The summed E-state index contributed by atoms with van der Waals surface area (Å²) in [5.74, 6) is 1.50. The van der Waals surface area contributed by atoms with Crippen molar-refractivity contribution in [3.8, 4) is 11.5 Å². The molecule has 1 atom stereocenters. The largest absolute Gasteiger partial charge is 0.543 e. The quantitative estimate of drug-likeness (QED) is 0.320. The van der Waals surface area contributed by atoms with Gasteiger partial charge in [-0.15, -0.1) is 0 Å². The number of ether oxygens (including phenoxy) is 1. The van der Waals surface area contributed by atoms with Crippen LogP contribution in [0.25, 0.3) is 0 Å². The third kappa shape index (κ3) is 3.78. The van der Waals surface area contributed by atoms with Crippen LogP contribution in [0.2, 0.25) is 18.1 Å². The first-order chi connectivity index (χ1) is 13.9. The van der Waals surface area contributed by atoms with Crippen LogP contribution in [0.4, 0.5) is 5.69 Å². The Balaban J connectivity index is 2.01. The van der Waals surface area contributed by atoms with Crippen LogP contribution in [0.3, 0.4) is 0 Å². The zero-order chi connectivity index (χ0) is 22.4. The highest BCUT2D eigenvalue weighted by molar-refractivity contribution is 6.74. The summed E-state index contributed by atoms with van der Waals surface area (Å²) < 4.78 is 12.2. The predicted molar refractivity (Wildman–Crippen MR) is 126 cm³/mol. The van der Waals surface area contributed by atoms with Gasteiger partial charge in [-0.1, -0.05) is 45.5 Å². The highest BCUT2D eigenvalue weighted by atomic mass is 28.4. The van der Waals surface area contributed by atoms with E-state index in [9.17, 15) is 4.79 Å². The maximum atomic E-state index is 12.8. The molecule has 1 fully saturated rings. The van der Waals surface area contributed by atoms with Crippen LogP contribution in [0.15, 0.2) is 48.6 Å². The van der Waals surface area contributed by atoms with Crippen molar-refractivity contribution in [3.05, 3.63) is 65.2 Å². The lowest BCUT2D eigenvalue weighted by molar-refractivity contribution is -0.119. The molecule has 160 valence electrons. The van der Waals surface area contributed by atoms with E-state index in [0.717, 1.165) is 28.1 Å². The molecule has 4 nitrogen and oxygen atoms in total. The number of methoxy groups -OCH3 is 1. The fourth-order valence-corrected chi connectivity index (χ4v) is 4.46. The predicted octanol–water partition coefficient (Wildman–Crippen LogP) is 6.34. The first kappa shape index (κ1) is 22.2. The van der Waals surface area contributed by atoms with Gasteiger partial charge in [-0.2, -0.15) is 0 Å². The van der Waals surface area contributed by atoms with Gasteiger partial charge in [0.05, 0.1) is 18.8 Å². The third-order valence-electron chi connectivity index (χ3n) is 6.38. The van der Waals surface area contributed by atoms with Crippen molar-refractivity contribution in [1.82, 2.24) is 0 Å². The normalized spacial score (nSPS) is 17.1. The van der Waals surface area contributed by atoms with Crippen LogP contribution in [-0.2, 0) is 4.79 Å². The van der Waals surface area contributed by atoms with Gasteiger partial charge in [0.1, 0.15) is 11.5 Å². The Morgan fingerprint density at radius 2 is 1.70 bits per heavy atom. The van der Waals surface area contributed by atoms with Crippen molar-refractivity contribution in [3.63, 3.8) is 0 Å². The van der Waals surface area contributed by atoms with Crippen LogP contribution in [0.5, 0.6) is 11.5 Å². The second kappa shape index (κ2) is 7.62. The molecule has 0 aliphatic carbocycles. The number of hydrogen-bond acceptors (Lipinski definition) is 3. The molecule has 2 aromatic carbocycles. The molecule has 1 amide bonds. The summed E-state index contributed by atoms with van der Waals surface area (Å²) in [6.07, 6.45) is 0. The molecule has 0 saturated carbocycles. The van der Waals surface area contributed by atoms with E-state index in [4.69, 9.17) is 9.16 Å². The molecule has 0 spiro atoms. The molecule has 1 heterocycles. The van der Waals surface area contributed by atoms with Gasteiger partial charge in [-0.05, 0) is 66.9 Å². The second-order valence-corrected chi connectivity index (χ2v) is 14.4. The number of hydrogen-bond donors (Lipinski definition) is 0. The Labute approximate surface area is 181 Å². The lowest BCUT2D eigenvalue weighted by Gasteiger charge is -2.43. The first-order valence-corrected chi connectivity index (χ1v) is 13.2. The molecule has 1 aliphatic rings. The maximum Gasteiger partial charge on any atom is 0.257 e. The van der Waals surface area contributed by atoms with Gasteiger partial charge >= 0.3 is 0 Å². The zero-order valence-electron chi connectivity index (χ0n) is 19.4. The first-order valence-electron chi connectivity index (χ1n) is 10.3. The number of carbonyl (C=O) groups is 1. The minimum atomic E-state index is -1.98. The number of anilines is 1. The Hall–Kier alpha value is -2.53. The summed E-state index contributed by atoms with van der Waals surface area (Å²) >= 11 is 0. The topological polar surface area (TPSA) is 38.8 Å². The van der Waals surface area contributed by atoms with E-state index in [-0.39, 0.29) is 17.0 Å². The van der Waals surface area contributed by atoms with Gasteiger partial charge in [0.15, 0.2) is 0 Å².